The van der Waals surface area contributed by atoms with Gasteiger partial charge in [-0.1, -0.05) is 0 Å². The van der Waals surface area contributed by atoms with Crippen LogP contribution < -0.4 is 0 Å². The molecule has 0 rings (SSSR count). The zero-order chi connectivity index (χ0) is 10.6. The molecule has 0 saturated heterocycles. The van der Waals surface area contributed by atoms with E-state index in [1.807, 2.05) is 0 Å². The highest BCUT2D eigenvalue weighted by atomic mass is 16.6. The van der Waals surface area contributed by atoms with Crippen LogP contribution in [0.4, 0.5) is 0 Å². The Labute approximate surface area is 75.7 Å². The van der Waals surface area contributed by atoms with E-state index in [9.17, 15) is 14.4 Å². The van der Waals surface area contributed by atoms with Gasteiger partial charge in [-0.25, -0.2) is 4.79 Å². The van der Waals surface area contributed by atoms with Crippen LogP contribution in [0.1, 0.15) is 27.2 Å². The van der Waals surface area contributed by atoms with Gasteiger partial charge < -0.3 is 9.84 Å². The number of carbonyl (C=O) groups excluding carboxylic acids is 2. The Morgan fingerprint density at radius 1 is 1.23 bits per heavy atom. The molecule has 0 amide bonds. The minimum atomic E-state index is -1.62. The van der Waals surface area contributed by atoms with Crippen molar-refractivity contribution in [3.8, 4) is 0 Å². The number of Topliss-reactive ketones (excluding diaryl/α,β-unsaturated/α-hetero) is 1. The molecule has 0 radical (unpaired) electrons. The van der Waals surface area contributed by atoms with Crippen LogP contribution >= 0.6 is 0 Å². The van der Waals surface area contributed by atoms with E-state index in [0.29, 0.717) is 0 Å². The van der Waals surface area contributed by atoms with Crippen molar-refractivity contribution in [3.05, 3.63) is 0 Å². The van der Waals surface area contributed by atoms with E-state index in [4.69, 9.17) is 9.84 Å². The molecule has 0 bridgehead atoms. The molecule has 0 aliphatic heterocycles. The van der Waals surface area contributed by atoms with E-state index in [2.05, 4.69) is 0 Å². The normalized spacial score (nSPS) is 10.7. The van der Waals surface area contributed by atoms with Crippen LogP contribution in [0.2, 0.25) is 0 Å². The number of hydrogen-bond acceptors (Lipinski definition) is 4. The zero-order valence-corrected chi connectivity index (χ0v) is 7.79. The monoisotopic (exact) mass is 188 g/mol. The van der Waals surface area contributed by atoms with E-state index >= 15 is 0 Å². The second kappa shape index (κ2) is 4.02. The maximum absolute atomic E-state index is 10.9. The van der Waals surface area contributed by atoms with Gasteiger partial charge in [0.2, 0.25) is 0 Å². The molecule has 0 aromatic heterocycles. The number of carboxylic acid groups (broad SMARTS) is 1. The summed E-state index contributed by atoms with van der Waals surface area (Å²) in [5.74, 6) is -3.60. The van der Waals surface area contributed by atoms with Crippen molar-refractivity contribution in [2.45, 2.75) is 32.8 Å². The first-order valence-electron chi connectivity index (χ1n) is 3.70. The molecule has 0 heterocycles. The third-order valence-corrected chi connectivity index (χ3v) is 0.963. The minimum Gasteiger partial charge on any atom is -0.475 e. The molecule has 0 aromatic carbocycles. The van der Waals surface area contributed by atoms with E-state index in [0.717, 1.165) is 0 Å². The van der Waals surface area contributed by atoms with E-state index in [1.54, 1.807) is 20.8 Å². The topological polar surface area (TPSA) is 80.7 Å². The first-order valence-corrected chi connectivity index (χ1v) is 3.70. The van der Waals surface area contributed by atoms with Crippen molar-refractivity contribution < 1.29 is 24.2 Å². The minimum absolute atomic E-state index is 0.699. The Kier molecular flexibility index (Phi) is 3.59. The lowest BCUT2D eigenvalue weighted by Crippen LogP contribution is -2.27. The van der Waals surface area contributed by atoms with Crippen molar-refractivity contribution in [1.82, 2.24) is 0 Å². The van der Waals surface area contributed by atoms with Crippen molar-refractivity contribution >= 4 is 17.7 Å². The third kappa shape index (κ3) is 5.84. The Balaban J connectivity index is 4.04. The molecule has 0 spiro atoms. The molecule has 0 fully saturated rings. The lowest BCUT2D eigenvalue weighted by molar-refractivity contribution is -0.160. The van der Waals surface area contributed by atoms with Gasteiger partial charge in [0.15, 0.2) is 0 Å². The van der Waals surface area contributed by atoms with Crippen LogP contribution in [-0.4, -0.2) is 28.4 Å². The second-order valence-electron chi connectivity index (χ2n) is 3.49. The maximum Gasteiger partial charge on any atom is 0.372 e. The largest absolute Gasteiger partial charge is 0.475 e. The molecular formula is C8H12O5. The first-order chi connectivity index (χ1) is 5.72. The van der Waals surface area contributed by atoms with Crippen LogP contribution in [-0.2, 0) is 19.1 Å². The van der Waals surface area contributed by atoms with Gasteiger partial charge in [-0.3, -0.25) is 9.59 Å². The second-order valence-corrected chi connectivity index (χ2v) is 3.49. The fraction of sp³-hybridized carbons (Fsp3) is 0.625. The van der Waals surface area contributed by atoms with E-state index in [-0.39, 0.29) is 0 Å². The van der Waals surface area contributed by atoms with Crippen molar-refractivity contribution in [2.75, 3.05) is 0 Å². The average Bonchev–Trinajstić information content (AvgIpc) is 1.81. The smallest absolute Gasteiger partial charge is 0.372 e. The van der Waals surface area contributed by atoms with Crippen molar-refractivity contribution in [3.63, 3.8) is 0 Å². The van der Waals surface area contributed by atoms with Gasteiger partial charge in [0.1, 0.15) is 12.0 Å². The van der Waals surface area contributed by atoms with Gasteiger partial charge in [0, 0.05) is 0 Å². The first kappa shape index (κ1) is 11.6. The summed E-state index contributed by atoms with van der Waals surface area (Å²) in [6, 6.07) is 0. The lowest BCUT2D eigenvalue weighted by Gasteiger charge is -2.18. The van der Waals surface area contributed by atoms with Crippen LogP contribution in [0.15, 0.2) is 0 Å². The molecule has 0 aliphatic rings. The standard InChI is InChI=1S/C8H12O5/c1-8(2,3)13-6(10)4-5(9)7(11)12/h4H2,1-3H3,(H,11,12). The summed E-state index contributed by atoms with van der Waals surface area (Å²) < 4.78 is 4.74. The molecule has 5 nitrogen and oxygen atoms in total. The lowest BCUT2D eigenvalue weighted by atomic mass is 10.2. The molecule has 0 aliphatic carbocycles. The third-order valence-electron chi connectivity index (χ3n) is 0.963. The highest BCUT2D eigenvalue weighted by molar-refractivity contribution is 6.35. The van der Waals surface area contributed by atoms with Crippen LogP contribution in [0, 0.1) is 0 Å². The van der Waals surface area contributed by atoms with Gasteiger partial charge in [0.05, 0.1) is 0 Å². The van der Waals surface area contributed by atoms with Crippen LogP contribution in [0.3, 0.4) is 0 Å². The predicted octanol–water partition coefficient (Wildman–Crippen LogP) is 0.372. The van der Waals surface area contributed by atoms with Crippen molar-refractivity contribution in [2.24, 2.45) is 0 Å². The fourth-order valence-corrected chi connectivity index (χ4v) is 0.584. The number of ketones is 1. The number of ether oxygens (including phenoxy) is 1. The molecular weight excluding hydrogens is 176 g/mol. The molecule has 74 valence electrons. The molecule has 0 aromatic rings. The zero-order valence-electron chi connectivity index (χ0n) is 7.79. The van der Waals surface area contributed by atoms with Crippen LogP contribution in [0.25, 0.3) is 0 Å². The number of hydrogen-bond donors (Lipinski definition) is 1. The maximum atomic E-state index is 10.9. The highest BCUT2D eigenvalue weighted by Gasteiger charge is 2.21. The predicted molar refractivity (Wildman–Crippen MR) is 43.1 cm³/mol. The Morgan fingerprint density at radius 3 is 2.00 bits per heavy atom. The van der Waals surface area contributed by atoms with E-state index in [1.165, 1.54) is 0 Å². The summed E-state index contributed by atoms with van der Waals surface area (Å²) in [6.45, 7) is 4.91. The van der Waals surface area contributed by atoms with E-state index < -0.39 is 29.7 Å². The summed E-state index contributed by atoms with van der Waals surface area (Å²) in [4.78, 5) is 31.4. The fourth-order valence-electron chi connectivity index (χ4n) is 0.584. The summed E-state index contributed by atoms with van der Waals surface area (Å²) >= 11 is 0. The highest BCUT2D eigenvalue weighted by Crippen LogP contribution is 2.08. The Hall–Kier alpha value is -1.39. The van der Waals surface area contributed by atoms with Crippen molar-refractivity contribution in [1.29, 1.82) is 0 Å². The average molecular weight is 188 g/mol. The number of rotatable bonds is 3. The Morgan fingerprint density at radius 2 is 1.69 bits per heavy atom. The number of aliphatic carboxylic acids is 1. The van der Waals surface area contributed by atoms with Gasteiger partial charge in [-0.15, -0.1) is 0 Å². The van der Waals surface area contributed by atoms with Gasteiger partial charge in [0.25, 0.3) is 5.78 Å². The summed E-state index contributed by atoms with van der Waals surface area (Å²) in [5, 5.41) is 8.17. The summed E-state index contributed by atoms with van der Waals surface area (Å²) in [5.41, 5.74) is -0.699. The number of esters is 1. The summed E-state index contributed by atoms with van der Waals surface area (Å²) in [7, 11) is 0. The molecule has 0 atom stereocenters. The Bertz CT molecular complexity index is 235. The van der Waals surface area contributed by atoms with Gasteiger partial charge in [-0.05, 0) is 20.8 Å². The quantitative estimate of drug-likeness (QED) is 0.393. The van der Waals surface area contributed by atoms with Gasteiger partial charge in [-0.2, -0.15) is 0 Å². The molecule has 13 heavy (non-hydrogen) atoms. The SMILES string of the molecule is CC(C)(C)OC(=O)CC(=O)C(=O)O. The molecule has 1 N–H and O–H groups in total. The summed E-state index contributed by atoms with van der Waals surface area (Å²) in [6.07, 6.45) is -0.716. The molecule has 5 heteroatoms. The number of carboxylic acids is 1. The van der Waals surface area contributed by atoms with Gasteiger partial charge >= 0.3 is 11.9 Å². The number of carbonyl (C=O) groups is 3. The molecule has 0 unspecified atom stereocenters. The van der Waals surface area contributed by atoms with Crippen LogP contribution in [0.5, 0.6) is 0 Å². The molecule has 0 saturated carbocycles.